The molecule has 0 radical (unpaired) electrons. The highest BCUT2D eigenvalue weighted by molar-refractivity contribution is 7.85. The molecule has 2 unspecified atom stereocenters. The maximum atomic E-state index is 12.2. The Morgan fingerprint density at radius 1 is 1.12 bits per heavy atom. The molecule has 0 bridgehead atoms. The lowest BCUT2D eigenvalue weighted by atomic mass is 10.2. The van der Waals surface area contributed by atoms with Crippen LogP contribution in [0.2, 0.25) is 0 Å². The van der Waals surface area contributed by atoms with E-state index >= 15 is 0 Å². The Balaban J connectivity index is 1.41. The van der Waals surface area contributed by atoms with E-state index in [-0.39, 0.29) is 6.10 Å². The first kappa shape index (κ1) is 18.3. The van der Waals surface area contributed by atoms with Gasteiger partial charge >= 0.3 is 0 Å². The molecule has 1 heterocycles. The summed E-state index contributed by atoms with van der Waals surface area (Å²) in [5.74, 6) is 2.69. The van der Waals surface area contributed by atoms with Crippen molar-refractivity contribution < 1.29 is 13.7 Å². The van der Waals surface area contributed by atoms with Crippen LogP contribution < -0.4 is 20.1 Å². The van der Waals surface area contributed by atoms with Crippen LogP contribution in [0.15, 0.2) is 64.5 Å². The van der Waals surface area contributed by atoms with Gasteiger partial charge in [0.15, 0.2) is 17.5 Å². The number of benzene rings is 2. The van der Waals surface area contributed by atoms with E-state index in [1.807, 2.05) is 54.6 Å². The zero-order valence-corrected chi connectivity index (χ0v) is 15.5. The van der Waals surface area contributed by atoms with Gasteiger partial charge in [-0.1, -0.05) is 30.3 Å². The van der Waals surface area contributed by atoms with E-state index in [0.717, 1.165) is 16.4 Å². The van der Waals surface area contributed by atoms with E-state index in [0.29, 0.717) is 31.4 Å². The molecule has 0 saturated carbocycles. The van der Waals surface area contributed by atoms with Gasteiger partial charge in [-0.25, -0.2) is 0 Å². The monoisotopic (exact) mass is 373 g/mol. The first-order valence-corrected chi connectivity index (χ1v) is 9.84. The van der Waals surface area contributed by atoms with Crippen LogP contribution in [-0.2, 0) is 10.8 Å². The van der Waals surface area contributed by atoms with Gasteiger partial charge in [0.1, 0.15) is 12.7 Å². The summed E-state index contributed by atoms with van der Waals surface area (Å²) in [5.41, 5.74) is 0. The summed E-state index contributed by atoms with van der Waals surface area (Å²) in [6.07, 6.45) is -0.0955. The number of fused-ring (bicyclic) bond motifs is 1. The highest BCUT2D eigenvalue weighted by Crippen LogP contribution is 2.30. The zero-order chi connectivity index (χ0) is 18.2. The van der Waals surface area contributed by atoms with E-state index in [1.54, 1.807) is 7.05 Å². The molecule has 1 aliphatic rings. The SMILES string of the molecule is CN=C(NCCS(=O)c1ccccc1)NCC1COc2ccccc2O1. The minimum Gasteiger partial charge on any atom is -0.486 e. The van der Waals surface area contributed by atoms with E-state index in [1.165, 1.54) is 0 Å². The predicted octanol–water partition coefficient (Wildman–Crippen LogP) is 1.80. The van der Waals surface area contributed by atoms with Crippen molar-refractivity contribution in [3.8, 4) is 11.5 Å². The summed E-state index contributed by atoms with van der Waals surface area (Å²) in [7, 11) is 0.680. The van der Waals surface area contributed by atoms with Crippen molar-refractivity contribution in [3.05, 3.63) is 54.6 Å². The third-order valence-electron chi connectivity index (χ3n) is 3.87. The summed E-state index contributed by atoms with van der Waals surface area (Å²) in [5, 5.41) is 6.40. The molecule has 26 heavy (non-hydrogen) atoms. The van der Waals surface area contributed by atoms with Crippen LogP contribution in [0.1, 0.15) is 0 Å². The smallest absolute Gasteiger partial charge is 0.191 e. The Hall–Kier alpha value is -2.54. The first-order chi connectivity index (χ1) is 12.8. The van der Waals surface area contributed by atoms with Gasteiger partial charge in [-0.15, -0.1) is 0 Å². The summed E-state index contributed by atoms with van der Waals surface area (Å²) < 4.78 is 23.8. The minimum atomic E-state index is -1.02. The number of hydrogen-bond acceptors (Lipinski definition) is 4. The largest absolute Gasteiger partial charge is 0.486 e. The van der Waals surface area contributed by atoms with Gasteiger partial charge < -0.3 is 20.1 Å². The Bertz CT molecular complexity index is 768. The molecule has 7 heteroatoms. The Kier molecular flexibility index (Phi) is 6.49. The van der Waals surface area contributed by atoms with Crippen molar-refractivity contribution in [1.29, 1.82) is 0 Å². The van der Waals surface area contributed by atoms with Crippen LogP contribution in [0.25, 0.3) is 0 Å². The molecular formula is C19H23N3O3S. The summed E-state index contributed by atoms with van der Waals surface area (Å²) >= 11 is 0. The number of nitrogens with zero attached hydrogens (tertiary/aromatic N) is 1. The third kappa shape index (κ3) is 4.98. The van der Waals surface area contributed by atoms with Crippen LogP contribution in [0.4, 0.5) is 0 Å². The number of nitrogens with one attached hydrogen (secondary N) is 2. The number of para-hydroxylation sites is 2. The minimum absolute atomic E-state index is 0.0955. The fourth-order valence-corrected chi connectivity index (χ4v) is 3.53. The second kappa shape index (κ2) is 9.24. The topological polar surface area (TPSA) is 72.0 Å². The molecule has 0 aliphatic carbocycles. The van der Waals surface area contributed by atoms with Gasteiger partial charge in [0.25, 0.3) is 0 Å². The van der Waals surface area contributed by atoms with Gasteiger partial charge in [0.2, 0.25) is 0 Å². The predicted molar refractivity (Wildman–Crippen MR) is 103 cm³/mol. The highest BCUT2D eigenvalue weighted by atomic mass is 32.2. The number of rotatable bonds is 6. The van der Waals surface area contributed by atoms with Gasteiger partial charge in [-0.2, -0.15) is 0 Å². The van der Waals surface area contributed by atoms with Gasteiger partial charge in [-0.05, 0) is 24.3 Å². The van der Waals surface area contributed by atoms with E-state index in [4.69, 9.17) is 9.47 Å². The number of hydrogen-bond donors (Lipinski definition) is 2. The lowest BCUT2D eigenvalue weighted by Gasteiger charge is -2.27. The van der Waals surface area contributed by atoms with Gasteiger partial charge in [0, 0.05) is 24.2 Å². The van der Waals surface area contributed by atoms with Crippen molar-refractivity contribution in [2.45, 2.75) is 11.0 Å². The molecule has 0 amide bonds. The van der Waals surface area contributed by atoms with Crippen molar-refractivity contribution >= 4 is 16.8 Å². The molecular weight excluding hydrogens is 350 g/mol. The molecule has 2 atom stereocenters. The summed E-state index contributed by atoms with van der Waals surface area (Å²) in [6.45, 7) is 1.61. The van der Waals surface area contributed by atoms with Crippen LogP contribution in [0.5, 0.6) is 11.5 Å². The van der Waals surface area contributed by atoms with Crippen molar-refractivity contribution in [2.24, 2.45) is 4.99 Å². The molecule has 1 aliphatic heterocycles. The van der Waals surface area contributed by atoms with Crippen LogP contribution in [0.3, 0.4) is 0 Å². The van der Waals surface area contributed by atoms with Gasteiger partial charge in [-0.3, -0.25) is 9.20 Å². The van der Waals surface area contributed by atoms with Crippen molar-refractivity contribution in [2.75, 3.05) is 32.5 Å². The number of ether oxygens (including phenoxy) is 2. The van der Waals surface area contributed by atoms with E-state index in [9.17, 15) is 4.21 Å². The van der Waals surface area contributed by atoms with Crippen LogP contribution >= 0.6 is 0 Å². The first-order valence-electron chi connectivity index (χ1n) is 8.52. The zero-order valence-electron chi connectivity index (χ0n) is 14.7. The Morgan fingerprint density at radius 3 is 2.62 bits per heavy atom. The van der Waals surface area contributed by atoms with Crippen LogP contribution in [-0.4, -0.2) is 48.8 Å². The van der Waals surface area contributed by atoms with Gasteiger partial charge in [0.05, 0.1) is 17.3 Å². The lowest BCUT2D eigenvalue weighted by molar-refractivity contribution is 0.0936. The van der Waals surface area contributed by atoms with E-state index < -0.39 is 10.8 Å². The summed E-state index contributed by atoms with van der Waals surface area (Å²) in [4.78, 5) is 5.02. The van der Waals surface area contributed by atoms with Crippen LogP contribution in [0, 0.1) is 0 Å². The molecule has 0 saturated heterocycles. The molecule has 2 N–H and O–H groups in total. The second-order valence-corrected chi connectivity index (χ2v) is 7.31. The third-order valence-corrected chi connectivity index (χ3v) is 5.25. The normalized spacial score (nSPS) is 17.4. The average molecular weight is 373 g/mol. The number of aliphatic imine (C=N–C) groups is 1. The summed E-state index contributed by atoms with van der Waals surface area (Å²) in [6, 6.07) is 17.1. The molecule has 6 nitrogen and oxygen atoms in total. The molecule has 2 aromatic rings. The molecule has 0 aromatic heterocycles. The highest BCUT2D eigenvalue weighted by Gasteiger charge is 2.20. The fourth-order valence-electron chi connectivity index (χ4n) is 2.55. The lowest BCUT2D eigenvalue weighted by Crippen LogP contribution is -2.46. The fraction of sp³-hybridized carbons (Fsp3) is 0.316. The molecule has 0 spiro atoms. The Morgan fingerprint density at radius 2 is 1.85 bits per heavy atom. The maximum Gasteiger partial charge on any atom is 0.191 e. The van der Waals surface area contributed by atoms with Crippen molar-refractivity contribution in [1.82, 2.24) is 10.6 Å². The van der Waals surface area contributed by atoms with Crippen molar-refractivity contribution in [3.63, 3.8) is 0 Å². The average Bonchev–Trinajstić information content (AvgIpc) is 2.71. The standard InChI is InChI=1S/C19H23N3O3S/c1-20-19(21-11-12-26(23)16-7-3-2-4-8-16)22-13-15-14-24-17-9-5-6-10-18(17)25-15/h2-10,15H,11-14H2,1H3,(H2,20,21,22). The quantitative estimate of drug-likeness (QED) is 0.597. The number of guanidine groups is 1. The molecule has 2 aromatic carbocycles. The molecule has 3 rings (SSSR count). The second-order valence-electron chi connectivity index (χ2n) is 5.74. The Labute approximate surface area is 156 Å². The maximum absolute atomic E-state index is 12.2. The van der Waals surface area contributed by atoms with E-state index in [2.05, 4.69) is 15.6 Å². The molecule has 138 valence electrons. The molecule has 0 fully saturated rings.